The Balaban J connectivity index is 2.82. The maximum absolute atomic E-state index is 11.2. The first-order valence-corrected chi connectivity index (χ1v) is 9.76. The molecule has 0 saturated carbocycles. The molecular weight excluding hydrogens is 332 g/mol. The van der Waals surface area contributed by atoms with E-state index in [0.29, 0.717) is 11.5 Å². The normalized spacial score (nSPS) is 13.1. The first kappa shape index (κ1) is 21.3. The summed E-state index contributed by atoms with van der Waals surface area (Å²) in [4.78, 5) is 0. The number of hydrogen-bond acceptors (Lipinski definition) is 2. The fraction of sp³-hybridized carbons (Fsp3) is 0.520. The molecule has 0 heterocycles. The Morgan fingerprint density at radius 1 is 0.519 bits per heavy atom. The maximum atomic E-state index is 11.2. The fourth-order valence-corrected chi connectivity index (χ4v) is 3.80. The zero-order valence-electron chi connectivity index (χ0n) is 18.7. The van der Waals surface area contributed by atoms with E-state index < -0.39 is 5.41 Å². The number of aryl methyl sites for hydroxylation is 2. The summed E-state index contributed by atoms with van der Waals surface area (Å²) >= 11 is 0. The molecule has 2 heteroatoms. The lowest BCUT2D eigenvalue weighted by molar-refractivity contribution is 0.412. The highest BCUT2D eigenvalue weighted by Gasteiger charge is 2.34. The smallest absolute Gasteiger partial charge is 0.123 e. The van der Waals surface area contributed by atoms with Crippen molar-refractivity contribution in [3.05, 3.63) is 57.6 Å². The van der Waals surface area contributed by atoms with Gasteiger partial charge in [0, 0.05) is 16.5 Å². The first-order valence-electron chi connectivity index (χ1n) is 9.76. The van der Waals surface area contributed by atoms with Crippen LogP contribution >= 0.6 is 0 Å². The highest BCUT2D eigenvalue weighted by atomic mass is 16.3. The standard InChI is InChI=1S/C25H36O2/c1-15-11-17(23(3,4)5)21(26)19(13-15)25(9,10)20-14-16(2)12-18(22(20)27)24(6,7)8/h11-14,26-27H,1-10H3. The molecule has 0 radical (unpaired) electrons. The van der Waals surface area contributed by atoms with Crippen LogP contribution in [0.2, 0.25) is 0 Å². The summed E-state index contributed by atoms with van der Waals surface area (Å²) in [5.74, 6) is 0.660. The van der Waals surface area contributed by atoms with Crippen LogP contribution in [0.4, 0.5) is 0 Å². The van der Waals surface area contributed by atoms with Gasteiger partial charge in [-0.3, -0.25) is 0 Å². The number of phenols is 2. The molecule has 2 aromatic rings. The van der Waals surface area contributed by atoms with E-state index in [0.717, 1.165) is 33.4 Å². The minimum absolute atomic E-state index is 0.161. The van der Waals surface area contributed by atoms with Gasteiger partial charge in [0.25, 0.3) is 0 Å². The highest BCUT2D eigenvalue weighted by molar-refractivity contribution is 5.58. The lowest BCUT2D eigenvalue weighted by atomic mass is 9.71. The van der Waals surface area contributed by atoms with Crippen molar-refractivity contribution in [1.29, 1.82) is 0 Å². The summed E-state index contributed by atoms with van der Waals surface area (Å²) in [6.07, 6.45) is 0. The molecule has 0 aliphatic carbocycles. The number of aromatic hydroxyl groups is 2. The summed E-state index contributed by atoms with van der Waals surface area (Å²) in [5.41, 5.74) is 4.96. The molecule has 2 rings (SSSR count). The average Bonchev–Trinajstić information content (AvgIpc) is 2.48. The molecule has 0 fully saturated rings. The second-order valence-corrected chi connectivity index (χ2v) is 10.5. The molecular formula is C25H36O2. The zero-order valence-corrected chi connectivity index (χ0v) is 18.7. The van der Waals surface area contributed by atoms with Crippen molar-refractivity contribution < 1.29 is 10.2 Å². The Labute approximate surface area is 165 Å². The lowest BCUT2D eigenvalue weighted by Crippen LogP contribution is -2.23. The van der Waals surface area contributed by atoms with Crippen molar-refractivity contribution >= 4 is 0 Å². The Kier molecular flexibility index (Phi) is 5.20. The quantitative estimate of drug-likeness (QED) is 0.624. The van der Waals surface area contributed by atoms with E-state index in [1.165, 1.54) is 0 Å². The van der Waals surface area contributed by atoms with Crippen molar-refractivity contribution in [1.82, 2.24) is 0 Å². The lowest BCUT2D eigenvalue weighted by Gasteiger charge is -2.33. The van der Waals surface area contributed by atoms with Gasteiger partial charge >= 0.3 is 0 Å². The van der Waals surface area contributed by atoms with Crippen LogP contribution in [0.25, 0.3) is 0 Å². The van der Waals surface area contributed by atoms with Gasteiger partial charge in [-0.2, -0.15) is 0 Å². The Bertz CT molecular complexity index is 788. The van der Waals surface area contributed by atoms with Gasteiger partial charge in [-0.25, -0.2) is 0 Å². The zero-order chi connectivity index (χ0) is 20.9. The van der Waals surface area contributed by atoms with Crippen LogP contribution in [0.5, 0.6) is 11.5 Å². The van der Waals surface area contributed by atoms with Gasteiger partial charge in [0.2, 0.25) is 0 Å². The summed E-state index contributed by atoms with van der Waals surface area (Å²) in [6, 6.07) is 8.21. The molecule has 0 atom stereocenters. The van der Waals surface area contributed by atoms with Crippen LogP contribution in [-0.2, 0) is 16.2 Å². The molecule has 0 saturated heterocycles. The third-order valence-corrected chi connectivity index (χ3v) is 5.47. The van der Waals surface area contributed by atoms with Crippen LogP contribution in [0, 0.1) is 13.8 Å². The number of benzene rings is 2. The van der Waals surface area contributed by atoms with Crippen molar-refractivity contribution in [3.63, 3.8) is 0 Å². The van der Waals surface area contributed by atoms with E-state index in [-0.39, 0.29) is 10.8 Å². The molecule has 0 amide bonds. The van der Waals surface area contributed by atoms with E-state index >= 15 is 0 Å². The highest BCUT2D eigenvalue weighted by Crippen LogP contribution is 2.47. The second kappa shape index (κ2) is 6.58. The van der Waals surface area contributed by atoms with Crippen LogP contribution in [0.1, 0.15) is 88.8 Å². The van der Waals surface area contributed by atoms with E-state index in [2.05, 4.69) is 81.4 Å². The molecule has 0 bridgehead atoms. The summed E-state index contributed by atoms with van der Waals surface area (Å²) < 4.78 is 0. The van der Waals surface area contributed by atoms with E-state index in [4.69, 9.17) is 0 Å². The van der Waals surface area contributed by atoms with Gasteiger partial charge in [-0.1, -0.05) is 90.8 Å². The van der Waals surface area contributed by atoms with Crippen molar-refractivity contribution in [2.45, 2.75) is 85.5 Å². The molecule has 0 aliphatic rings. The fourth-order valence-electron chi connectivity index (χ4n) is 3.80. The maximum Gasteiger partial charge on any atom is 0.123 e. The van der Waals surface area contributed by atoms with Crippen molar-refractivity contribution in [2.75, 3.05) is 0 Å². The third kappa shape index (κ3) is 4.00. The molecule has 2 N–H and O–H groups in total. The molecule has 0 aromatic heterocycles. The third-order valence-electron chi connectivity index (χ3n) is 5.47. The SMILES string of the molecule is Cc1cc(C(C)(C)C)c(O)c(C(C)(C)c2cc(C)cc(C(C)(C)C)c2O)c1. The summed E-state index contributed by atoms with van der Waals surface area (Å²) in [6.45, 7) is 20.9. The monoisotopic (exact) mass is 368 g/mol. The second-order valence-electron chi connectivity index (χ2n) is 10.5. The summed E-state index contributed by atoms with van der Waals surface area (Å²) in [5, 5.41) is 22.3. The largest absolute Gasteiger partial charge is 0.507 e. The predicted octanol–water partition coefficient (Wildman–Crippen LogP) is 6.64. The molecule has 2 nitrogen and oxygen atoms in total. The predicted molar refractivity (Wildman–Crippen MR) is 115 cm³/mol. The molecule has 148 valence electrons. The average molecular weight is 369 g/mol. The minimum Gasteiger partial charge on any atom is -0.507 e. The van der Waals surface area contributed by atoms with Crippen LogP contribution in [-0.4, -0.2) is 10.2 Å². The number of hydrogen-bond donors (Lipinski definition) is 2. The van der Waals surface area contributed by atoms with Gasteiger partial charge in [0.05, 0.1) is 0 Å². The van der Waals surface area contributed by atoms with Gasteiger partial charge in [-0.15, -0.1) is 0 Å². The minimum atomic E-state index is -0.536. The van der Waals surface area contributed by atoms with E-state index in [9.17, 15) is 10.2 Å². The Morgan fingerprint density at radius 3 is 1.04 bits per heavy atom. The Morgan fingerprint density at radius 2 is 0.778 bits per heavy atom. The van der Waals surface area contributed by atoms with Gasteiger partial charge < -0.3 is 10.2 Å². The van der Waals surface area contributed by atoms with E-state index in [1.54, 1.807) is 0 Å². The molecule has 0 spiro atoms. The van der Waals surface area contributed by atoms with Gasteiger partial charge in [-0.05, 0) is 35.8 Å². The summed E-state index contributed by atoms with van der Waals surface area (Å²) in [7, 11) is 0. The van der Waals surface area contributed by atoms with Crippen LogP contribution in [0.15, 0.2) is 24.3 Å². The molecule has 2 aromatic carbocycles. The van der Waals surface area contributed by atoms with Crippen LogP contribution < -0.4 is 0 Å². The molecule has 0 unspecified atom stereocenters. The van der Waals surface area contributed by atoms with Crippen molar-refractivity contribution in [2.24, 2.45) is 0 Å². The van der Waals surface area contributed by atoms with Gasteiger partial charge in [0.15, 0.2) is 0 Å². The van der Waals surface area contributed by atoms with Crippen molar-refractivity contribution in [3.8, 4) is 11.5 Å². The topological polar surface area (TPSA) is 40.5 Å². The van der Waals surface area contributed by atoms with Crippen LogP contribution in [0.3, 0.4) is 0 Å². The van der Waals surface area contributed by atoms with Gasteiger partial charge in [0.1, 0.15) is 11.5 Å². The van der Waals surface area contributed by atoms with E-state index in [1.807, 2.05) is 12.1 Å². The molecule has 27 heavy (non-hydrogen) atoms. The number of phenolic OH excluding ortho intramolecular Hbond substituents is 2. The Hall–Kier alpha value is -1.96. The number of rotatable bonds is 2. The first-order chi connectivity index (χ1) is 12.1. The molecule has 0 aliphatic heterocycles.